The number of anilines is 1. The van der Waals surface area contributed by atoms with Gasteiger partial charge >= 0.3 is 6.18 Å². The van der Waals surface area contributed by atoms with Crippen LogP contribution >= 0.6 is 0 Å². The number of aromatic nitrogens is 4. The van der Waals surface area contributed by atoms with Crippen LogP contribution in [-0.4, -0.2) is 61.7 Å². The number of aryl methyl sites for hydroxylation is 1. The Morgan fingerprint density at radius 2 is 1.89 bits per heavy atom. The maximum absolute atomic E-state index is 13.3. The van der Waals surface area contributed by atoms with Crippen LogP contribution in [0.4, 0.5) is 18.9 Å². The van der Waals surface area contributed by atoms with Crippen molar-refractivity contribution in [3.8, 4) is 11.4 Å². The Balaban J connectivity index is 1.66. The third-order valence-electron chi connectivity index (χ3n) is 6.03. The molecule has 3 aromatic heterocycles. The number of hydrogen-bond donors (Lipinski definition) is 1. The second-order valence-electron chi connectivity index (χ2n) is 8.75. The normalized spacial score (nSPS) is 19.7. The number of imidazole rings is 1. The minimum Gasteiger partial charge on any atom is -0.372 e. The van der Waals surface area contributed by atoms with E-state index in [4.69, 9.17) is 9.72 Å². The molecule has 4 rings (SSSR count). The summed E-state index contributed by atoms with van der Waals surface area (Å²) in [7, 11) is 0. The third-order valence-corrected chi connectivity index (χ3v) is 6.03. The lowest BCUT2D eigenvalue weighted by atomic mass is 10.1. The zero-order valence-corrected chi connectivity index (χ0v) is 20.1. The van der Waals surface area contributed by atoms with E-state index in [-0.39, 0.29) is 18.1 Å². The average molecular weight is 491 g/mol. The molecule has 0 saturated carbocycles. The second kappa shape index (κ2) is 9.80. The molecule has 4 heterocycles. The van der Waals surface area contributed by atoms with Gasteiger partial charge in [0.15, 0.2) is 5.65 Å². The Bertz CT molecular complexity index is 1180. The molecule has 1 N–H and O–H groups in total. The van der Waals surface area contributed by atoms with Gasteiger partial charge in [-0.05, 0) is 45.4 Å². The molecule has 188 valence electrons. The minimum absolute atomic E-state index is 0.0125. The predicted molar refractivity (Wildman–Crippen MR) is 126 cm³/mol. The fourth-order valence-electron chi connectivity index (χ4n) is 4.45. The van der Waals surface area contributed by atoms with Gasteiger partial charge < -0.3 is 19.5 Å². The summed E-state index contributed by atoms with van der Waals surface area (Å²) in [6.07, 6.45) is -1.22. The van der Waals surface area contributed by atoms with Crippen LogP contribution in [0.25, 0.3) is 22.6 Å². The highest BCUT2D eigenvalue weighted by atomic mass is 19.4. The van der Waals surface area contributed by atoms with Crippen LogP contribution < -0.4 is 5.32 Å². The minimum atomic E-state index is -4.51. The SMILES string of the molecule is CC[C@H](Nc1ccnc2c1nc(-c1ccc(C(F)(F)F)nc1)n2CC)C(=O)N1CC(C)OC(C)C1. The maximum atomic E-state index is 13.3. The monoisotopic (exact) mass is 490 g/mol. The highest BCUT2D eigenvalue weighted by Gasteiger charge is 2.33. The van der Waals surface area contributed by atoms with Crippen LogP contribution in [0, 0.1) is 0 Å². The first-order valence-electron chi connectivity index (χ1n) is 11.7. The number of alkyl halides is 3. The Kier molecular flexibility index (Phi) is 6.98. The highest BCUT2D eigenvalue weighted by molar-refractivity contribution is 5.92. The number of carbonyl (C=O) groups excluding carboxylic acids is 1. The summed E-state index contributed by atoms with van der Waals surface area (Å²) in [5.74, 6) is 0.447. The second-order valence-corrected chi connectivity index (χ2v) is 8.75. The van der Waals surface area contributed by atoms with Crippen molar-refractivity contribution in [3.05, 3.63) is 36.3 Å². The Hall–Kier alpha value is -3.21. The van der Waals surface area contributed by atoms with Crippen molar-refractivity contribution < 1.29 is 22.7 Å². The van der Waals surface area contributed by atoms with Gasteiger partial charge in [-0.3, -0.25) is 9.78 Å². The van der Waals surface area contributed by atoms with E-state index in [0.717, 1.165) is 6.07 Å². The number of pyridine rings is 2. The number of carbonyl (C=O) groups is 1. The maximum Gasteiger partial charge on any atom is 0.433 e. The van der Waals surface area contributed by atoms with Gasteiger partial charge in [0, 0.05) is 37.6 Å². The van der Waals surface area contributed by atoms with Gasteiger partial charge in [0.1, 0.15) is 23.1 Å². The summed E-state index contributed by atoms with van der Waals surface area (Å²) in [4.78, 5) is 27.8. The molecule has 0 aliphatic carbocycles. The van der Waals surface area contributed by atoms with Gasteiger partial charge in [0.25, 0.3) is 0 Å². The molecule has 2 unspecified atom stereocenters. The molecule has 1 aliphatic heterocycles. The molecule has 1 fully saturated rings. The molecule has 0 bridgehead atoms. The van der Waals surface area contributed by atoms with Crippen molar-refractivity contribution in [1.82, 2.24) is 24.4 Å². The van der Waals surface area contributed by atoms with E-state index in [0.29, 0.717) is 54.3 Å². The van der Waals surface area contributed by atoms with Crippen molar-refractivity contribution in [2.75, 3.05) is 18.4 Å². The van der Waals surface area contributed by atoms with E-state index in [1.165, 1.54) is 12.3 Å². The zero-order chi connectivity index (χ0) is 25.3. The van der Waals surface area contributed by atoms with Gasteiger partial charge in [-0.2, -0.15) is 13.2 Å². The molecule has 8 nitrogen and oxygen atoms in total. The third kappa shape index (κ3) is 5.09. The van der Waals surface area contributed by atoms with Crippen LogP contribution in [-0.2, 0) is 22.3 Å². The first kappa shape index (κ1) is 24.9. The van der Waals surface area contributed by atoms with Crippen molar-refractivity contribution in [1.29, 1.82) is 0 Å². The van der Waals surface area contributed by atoms with Crippen LogP contribution in [0.5, 0.6) is 0 Å². The smallest absolute Gasteiger partial charge is 0.372 e. The molecule has 1 aliphatic rings. The first-order valence-corrected chi connectivity index (χ1v) is 11.7. The van der Waals surface area contributed by atoms with Gasteiger partial charge in [0.2, 0.25) is 5.91 Å². The van der Waals surface area contributed by atoms with E-state index >= 15 is 0 Å². The fourth-order valence-corrected chi connectivity index (χ4v) is 4.45. The number of morpholine rings is 1. The van der Waals surface area contributed by atoms with Gasteiger partial charge in [-0.25, -0.2) is 9.97 Å². The number of hydrogen-bond acceptors (Lipinski definition) is 6. The molecule has 0 radical (unpaired) electrons. The van der Waals surface area contributed by atoms with Crippen LogP contribution in [0.2, 0.25) is 0 Å². The Labute approximate surface area is 201 Å². The molecular formula is C24H29F3N6O2. The molecule has 1 amide bonds. The van der Waals surface area contributed by atoms with E-state index in [1.807, 2.05) is 37.2 Å². The molecule has 0 aromatic carbocycles. The summed E-state index contributed by atoms with van der Waals surface area (Å²) < 4.78 is 46.4. The highest BCUT2D eigenvalue weighted by Crippen LogP contribution is 2.31. The number of ether oxygens (including phenoxy) is 1. The largest absolute Gasteiger partial charge is 0.433 e. The summed E-state index contributed by atoms with van der Waals surface area (Å²) in [5.41, 5.74) is 1.24. The van der Waals surface area contributed by atoms with Gasteiger partial charge in [-0.1, -0.05) is 6.92 Å². The lowest BCUT2D eigenvalue weighted by Gasteiger charge is -2.37. The molecule has 3 atom stereocenters. The summed E-state index contributed by atoms with van der Waals surface area (Å²) in [6, 6.07) is 3.58. The van der Waals surface area contributed by atoms with E-state index in [1.54, 1.807) is 12.3 Å². The Morgan fingerprint density at radius 3 is 2.46 bits per heavy atom. The molecular weight excluding hydrogens is 461 g/mol. The molecule has 0 spiro atoms. The molecule has 1 saturated heterocycles. The topological polar surface area (TPSA) is 85.2 Å². The van der Waals surface area contributed by atoms with E-state index in [9.17, 15) is 18.0 Å². The number of rotatable bonds is 6. The van der Waals surface area contributed by atoms with Gasteiger partial charge in [-0.15, -0.1) is 0 Å². The fraction of sp³-hybridized carbons (Fsp3) is 0.500. The van der Waals surface area contributed by atoms with Crippen LogP contribution in [0.15, 0.2) is 30.6 Å². The van der Waals surface area contributed by atoms with Crippen molar-refractivity contribution >= 4 is 22.8 Å². The van der Waals surface area contributed by atoms with Crippen LogP contribution in [0.1, 0.15) is 39.8 Å². The van der Waals surface area contributed by atoms with Crippen molar-refractivity contribution in [3.63, 3.8) is 0 Å². The molecule has 3 aromatic rings. The lowest BCUT2D eigenvalue weighted by molar-refractivity contribution is -0.144. The van der Waals surface area contributed by atoms with Crippen molar-refractivity contribution in [2.45, 2.75) is 65.1 Å². The van der Waals surface area contributed by atoms with Crippen molar-refractivity contribution in [2.24, 2.45) is 0 Å². The van der Waals surface area contributed by atoms with E-state index < -0.39 is 17.9 Å². The standard InChI is InChI=1S/C24H29F3N6O2/c1-5-17(23(34)32-12-14(3)35-15(4)13-32)30-18-9-10-28-22-20(18)31-21(33(22)6-2)16-7-8-19(29-11-16)24(25,26)27/h7-11,14-15,17H,5-6,12-13H2,1-4H3,(H,28,30)/t14?,15?,17-/m0/s1. The number of halogens is 3. The molecule has 35 heavy (non-hydrogen) atoms. The number of fused-ring (bicyclic) bond motifs is 1. The summed E-state index contributed by atoms with van der Waals surface area (Å²) in [5, 5.41) is 3.33. The summed E-state index contributed by atoms with van der Waals surface area (Å²) >= 11 is 0. The van der Waals surface area contributed by atoms with Crippen LogP contribution in [0.3, 0.4) is 0 Å². The number of amides is 1. The lowest BCUT2D eigenvalue weighted by Crippen LogP contribution is -2.52. The zero-order valence-electron chi connectivity index (χ0n) is 20.1. The molecule has 11 heteroatoms. The summed E-state index contributed by atoms with van der Waals surface area (Å²) in [6.45, 7) is 9.31. The quantitative estimate of drug-likeness (QED) is 0.553. The van der Waals surface area contributed by atoms with E-state index in [2.05, 4.69) is 15.3 Å². The predicted octanol–water partition coefficient (Wildman–Crippen LogP) is 4.36. The Morgan fingerprint density at radius 1 is 1.17 bits per heavy atom. The first-order chi connectivity index (χ1) is 16.6. The number of nitrogens with one attached hydrogen (secondary N) is 1. The average Bonchev–Trinajstić information content (AvgIpc) is 3.20. The number of nitrogens with zero attached hydrogens (tertiary/aromatic N) is 5. The van der Waals surface area contributed by atoms with Gasteiger partial charge in [0.05, 0.1) is 17.9 Å².